The van der Waals surface area contributed by atoms with Crippen molar-refractivity contribution in [2.75, 3.05) is 5.32 Å². The lowest BCUT2D eigenvalue weighted by molar-refractivity contribution is -0.115. The van der Waals surface area contributed by atoms with E-state index in [9.17, 15) is 9.59 Å². The smallest absolute Gasteiger partial charge is 0.262 e. The van der Waals surface area contributed by atoms with Crippen LogP contribution in [0.4, 0.5) is 5.82 Å². The predicted octanol–water partition coefficient (Wildman–Crippen LogP) is 4.04. The second-order valence-corrected chi connectivity index (χ2v) is 7.69. The summed E-state index contributed by atoms with van der Waals surface area (Å²) in [6.45, 7) is 7.63. The van der Waals surface area contributed by atoms with Gasteiger partial charge in [0, 0.05) is 17.6 Å². The molecule has 1 amide bonds. The molecule has 0 radical (unpaired) electrons. The van der Waals surface area contributed by atoms with Crippen molar-refractivity contribution < 1.29 is 9.32 Å². The molecule has 146 valence electrons. The van der Waals surface area contributed by atoms with E-state index in [0.717, 1.165) is 0 Å². The molecular formula is C19H19ClN4O3S. The number of amides is 1. The number of nitrogens with zero attached hydrogens (tertiary/aromatic N) is 3. The lowest BCUT2D eigenvalue weighted by Gasteiger charge is -2.16. The number of halogens is 1. The molecule has 2 heterocycles. The number of hydrogen-bond donors (Lipinski definition) is 1. The number of allylic oxidation sites excluding steroid dienone is 1. The molecule has 0 aliphatic carbocycles. The van der Waals surface area contributed by atoms with E-state index >= 15 is 0 Å². The third kappa shape index (κ3) is 4.28. The molecule has 2 aromatic heterocycles. The Kier molecular flexibility index (Phi) is 6.21. The monoisotopic (exact) mass is 418 g/mol. The summed E-state index contributed by atoms with van der Waals surface area (Å²) in [6.07, 6.45) is 2.15. The van der Waals surface area contributed by atoms with Crippen LogP contribution in [0.15, 0.2) is 51.4 Å². The Bertz CT molecular complexity index is 1090. The summed E-state index contributed by atoms with van der Waals surface area (Å²) in [5, 5.41) is 7.41. The van der Waals surface area contributed by atoms with Crippen LogP contribution in [0.2, 0.25) is 5.02 Å². The van der Waals surface area contributed by atoms with Crippen LogP contribution in [0.1, 0.15) is 19.1 Å². The van der Waals surface area contributed by atoms with Crippen LogP contribution in [-0.2, 0) is 11.3 Å². The summed E-state index contributed by atoms with van der Waals surface area (Å²) in [6, 6.07) is 6.58. The van der Waals surface area contributed by atoms with Crippen LogP contribution in [0.5, 0.6) is 0 Å². The van der Waals surface area contributed by atoms with Gasteiger partial charge in [0.15, 0.2) is 11.0 Å². The number of carbonyl (C=O) groups is 1. The number of rotatable bonds is 7. The Balaban J connectivity index is 1.95. The highest BCUT2D eigenvalue weighted by atomic mass is 35.5. The zero-order chi connectivity index (χ0) is 20.3. The first kappa shape index (κ1) is 20.2. The van der Waals surface area contributed by atoms with Gasteiger partial charge in [0.1, 0.15) is 5.76 Å². The Morgan fingerprint density at radius 3 is 2.89 bits per heavy atom. The fourth-order valence-electron chi connectivity index (χ4n) is 2.64. The van der Waals surface area contributed by atoms with E-state index in [1.807, 2.05) is 6.92 Å². The number of fused-ring (bicyclic) bond motifs is 1. The molecule has 1 aromatic carbocycles. The molecule has 9 heteroatoms. The van der Waals surface area contributed by atoms with Gasteiger partial charge in [-0.2, -0.15) is 0 Å². The first-order valence-corrected chi connectivity index (χ1v) is 9.90. The Morgan fingerprint density at radius 2 is 2.25 bits per heavy atom. The van der Waals surface area contributed by atoms with Crippen molar-refractivity contribution in [3.05, 3.63) is 58.1 Å². The number of nitrogens with one attached hydrogen (secondary N) is 1. The zero-order valence-electron chi connectivity index (χ0n) is 15.4. The number of hydrogen-bond acceptors (Lipinski definition) is 6. The van der Waals surface area contributed by atoms with Crippen molar-refractivity contribution in [2.24, 2.45) is 0 Å². The van der Waals surface area contributed by atoms with Gasteiger partial charge in [-0.25, -0.2) is 4.98 Å². The summed E-state index contributed by atoms with van der Waals surface area (Å²) in [4.78, 5) is 30.1. The fraction of sp³-hybridized carbons (Fsp3) is 0.263. The highest BCUT2D eigenvalue weighted by molar-refractivity contribution is 8.00. The van der Waals surface area contributed by atoms with Gasteiger partial charge < -0.3 is 9.84 Å². The minimum Gasteiger partial charge on any atom is -0.360 e. The second-order valence-electron chi connectivity index (χ2n) is 6.09. The van der Waals surface area contributed by atoms with Gasteiger partial charge >= 0.3 is 0 Å². The highest BCUT2D eigenvalue weighted by Crippen LogP contribution is 2.26. The average Bonchev–Trinajstić information content (AvgIpc) is 3.06. The quantitative estimate of drug-likeness (QED) is 0.354. The molecule has 28 heavy (non-hydrogen) atoms. The molecule has 0 saturated carbocycles. The topological polar surface area (TPSA) is 90.0 Å². The maximum atomic E-state index is 12.9. The van der Waals surface area contributed by atoms with Crippen molar-refractivity contribution in [3.8, 4) is 0 Å². The van der Waals surface area contributed by atoms with Gasteiger partial charge in [-0.3, -0.25) is 14.2 Å². The third-order valence-electron chi connectivity index (χ3n) is 3.98. The van der Waals surface area contributed by atoms with E-state index in [1.54, 1.807) is 37.3 Å². The lowest BCUT2D eigenvalue weighted by Crippen LogP contribution is -2.28. The molecule has 3 aromatic rings. The molecule has 0 saturated heterocycles. The van der Waals surface area contributed by atoms with Gasteiger partial charge in [0.25, 0.3) is 5.56 Å². The van der Waals surface area contributed by atoms with Crippen LogP contribution in [0, 0.1) is 6.92 Å². The number of carbonyl (C=O) groups excluding carboxylic acids is 1. The van der Waals surface area contributed by atoms with Crippen molar-refractivity contribution >= 4 is 46.0 Å². The molecule has 0 aliphatic rings. The van der Waals surface area contributed by atoms with Crippen LogP contribution in [-0.4, -0.2) is 25.9 Å². The molecule has 1 unspecified atom stereocenters. The summed E-state index contributed by atoms with van der Waals surface area (Å²) < 4.78 is 6.47. The summed E-state index contributed by atoms with van der Waals surface area (Å²) in [5.41, 5.74) is 0.286. The van der Waals surface area contributed by atoms with Gasteiger partial charge in [-0.1, -0.05) is 41.5 Å². The number of anilines is 1. The van der Waals surface area contributed by atoms with Crippen LogP contribution in [0.3, 0.4) is 0 Å². The fourth-order valence-corrected chi connectivity index (χ4v) is 3.82. The van der Waals surface area contributed by atoms with E-state index in [0.29, 0.717) is 39.1 Å². The Labute approximate surface area is 170 Å². The van der Waals surface area contributed by atoms with E-state index in [4.69, 9.17) is 16.1 Å². The standard InChI is InChI=1S/C19H19ClN4O3S/c1-4-8-24-18(26)13-7-6-12(20)10-14(13)21-19(24)28-15(5-2)17(25)22-16-9-11(3)27-23-16/h4,6-7,9-10,15H,1,5,8H2,2-3H3,(H,22,23,25). The molecule has 1 atom stereocenters. The number of benzene rings is 1. The van der Waals surface area contributed by atoms with Crippen LogP contribution < -0.4 is 10.9 Å². The largest absolute Gasteiger partial charge is 0.360 e. The van der Waals surface area contributed by atoms with E-state index < -0.39 is 5.25 Å². The first-order valence-electron chi connectivity index (χ1n) is 8.64. The number of aromatic nitrogens is 3. The van der Waals surface area contributed by atoms with Gasteiger partial charge in [-0.05, 0) is 31.5 Å². The van der Waals surface area contributed by atoms with Gasteiger partial charge in [0.05, 0.1) is 16.2 Å². The lowest BCUT2D eigenvalue weighted by atomic mass is 10.2. The average molecular weight is 419 g/mol. The summed E-state index contributed by atoms with van der Waals surface area (Å²) >= 11 is 7.26. The van der Waals surface area contributed by atoms with E-state index in [1.165, 1.54) is 16.3 Å². The molecular weight excluding hydrogens is 400 g/mol. The van der Waals surface area contributed by atoms with Gasteiger partial charge in [0.2, 0.25) is 5.91 Å². The molecule has 0 aliphatic heterocycles. The molecule has 0 fully saturated rings. The van der Waals surface area contributed by atoms with Crippen molar-refractivity contribution in [3.63, 3.8) is 0 Å². The Morgan fingerprint density at radius 1 is 1.46 bits per heavy atom. The SMILES string of the molecule is C=CCn1c(SC(CC)C(=O)Nc2cc(C)on2)nc2cc(Cl)ccc2c1=O. The van der Waals surface area contributed by atoms with E-state index in [-0.39, 0.29) is 18.0 Å². The number of thioether (sulfide) groups is 1. The zero-order valence-corrected chi connectivity index (χ0v) is 17.0. The maximum Gasteiger partial charge on any atom is 0.262 e. The summed E-state index contributed by atoms with van der Waals surface area (Å²) in [5.74, 6) is 0.707. The predicted molar refractivity (Wildman–Crippen MR) is 111 cm³/mol. The minimum atomic E-state index is -0.475. The van der Waals surface area contributed by atoms with Crippen molar-refractivity contribution in [1.82, 2.24) is 14.7 Å². The van der Waals surface area contributed by atoms with Crippen LogP contribution in [0.25, 0.3) is 10.9 Å². The highest BCUT2D eigenvalue weighted by Gasteiger charge is 2.22. The first-order chi connectivity index (χ1) is 13.4. The molecule has 7 nitrogen and oxygen atoms in total. The van der Waals surface area contributed by atoms with Crippen molar-refractivity contribution in [1.29, 1.82) is 0 Å². The number of aryl methyl sites for hydroxylation is 1. The third-order valence-corrected chi connectivity index (χ3v) is 5.57. The Hall–Kier alpha value is -2.58. The maximum absolute atomic E-state index is 12.9. The second kappa shape index (κ2) is 8.62. The molecule has 0 bridgehead atoms. The van der Waals surface area contributed by atoms with E-state index in [2.05, 4.69) is 22.0 Å². The van der Waals surface area contributed by atoms with Crippen LogP contribution >= 0.6 is 23.4 Å². The molecule has 0 spiro atoms. The normalized spacial score (nSPS) is 12.1. The summed E-state index contributed by atoms with van der Waals surface area (Å²) in [7, 11) is 0. The van der Waals surface area contributed by atoms with Crippen molar-refractivity contribution in [2.45, 2.75) is 37.2 Å². The molecule has 3 rings (SSSR count). The molecule has 1 N–H and O–H groups in total. The van der Waals surface area contributed by atoms with Gasteiger partial charge in [-0.15, -0.1) is 6.58 Å². The minimum absolute atomic E-state index is 0.202.